The van der Waals surface area contributed by atoms with Gasteiger partial charge in [-0.3, -0.25) is 0 Å². The zero-order valence-corrected chi connectivity index (χ0v) is 17.6. The Balaban J connectivity index is 2.11. The number of allylic oxidation sites excluding steroid dienone is 2. The summed E-state index contributed by atoms with van der Waals surface area (Å²) in [5.41, 5.74) is 8.91. The zero-order chi connectivity index (χ0) is 21.0. The minimum Gasteiger partial charge on any atom is -0.508 e. The lowest BCUT2D eigenvalue weighted by molar-refractivity contribution is -0.131. The molecule has 29 heavy (non-hydrogen) atoms. The predicted octanol–water partition coefficient (Wildman–Crippen LogP) is 6.65. The van der Waals surface area contributed by atoms with E-state index in [0.29, 0.717) is 12.2 Å². The van der Waals surface area contributed by atoms with Crippen LogP contribution in [0.2, 0.25) is 0 Å². The average molecular weight is 391 g/mol. The first-order chi connectivity index (χ1) is 13.9. The van der Waals surface area contributed by atoms with Crippen LogP contribution in [0.15, 0.2) is 48.0 Å². The Morgan fingerprint density at radius 3 is 2.14 bits per heavy atom. The summed E-state index contributed by atoms with van der Waals surface area (Å²) in [5.74, 6) is -0.577. The van der Waals surface area contributed by atoms with E-state index in [1.165, 1.54) is 42.0 Å². The van der Waals surface area contributed by atoms with Crippen molar-refractivity contribution in [1.82, 2.24) is 0 Å². The van der Waals surface area contributed by atoms with Gasteiger partial charge in [-0.15, -0.1) is 0 Å². The third kappa shape index (κ3) is 4.61. The molecule has 152 valence electrons. The number of aromatic hydroxyl groups is 1. The van der Waals surface area contributed by atoms with Gasteiger partial charge in [0.05, 0.1) is 0 Å². The highest BCUT2D eigenvalue weighted by atomic mass is 16.4. The van der Waals surface area contributed by atoms with Gasteiger partial charge in [-0.25, -0.2) is 4.79 Å². The van der Waals surface area contributed by atoms with Crippen molar-refractivity contribution >= 4 is 17.1 Å². The van der Waals surface area contributed by atoms with Crippen molar-refractivity contribution in [2.45, 2.75) is 59.3 Å². The Hall–Kier alpha value is -2.81. The Labute approximate surface area is 173 Å². The quantitative estimate of drug-likeness (QED) is 0.562. The summed E-state index contributed by atoms with van der Waals surface area (Å²) >= 11 is 0. The van der Waals surface area contributed by atoms with Crippen LogP contribution in [-0.2, 0) is 4.79 Å². The van der Waals surface area contributed by atoms with Crippen molar-refractivity contribution in [3.05, 3.63) is 75.9 Å². The normalized spacial score (nSPS) is 14.7. The van der Waals surface area contributed by atoms with Gasteiger partial charge in [0, 0.05) is 6.08 Å². The second kappa shape index (κ2) is 9.13. The molecule has 0 amide bonds. The molecular weight excluding hydrogens is 360 g/mol. The van der Waals surface area contributed by atoms with Crippen molar-refractivity contribution in [1.29, 1.82) is 0 Å². The lowest BCUT2D eigenvalue weighted by Gasteiger charge is -2.22. The molecule has 1 saturated carbocycles. The van der Waals surface area contributed by atoms with Gasteiger partial charge in [0.1, 0.15) is 5.75 Å². The number of carboxylic acid groups (broad SMARTS) is 1. The molecule has 3 rings (SSSR count). The van der Waals surface area contributed by atoms with E-state index in [1.807, 2.05) is 32.0 Å². The smallest absolute Gasteiger partial charge is 0.328 e. The van der Waals surface area contributed by atoms with E-state index in [1.54, 1.807) is 6.07 Å². The Morgan fingerprint density at radius 2 is 1.55 bits per heavy atom. The minimum atomic E-state index is -0.911. The maximum absolute atomic E-state index is 11.1. The summed E-state index contributed by atoms with van der Waals surface area (Å²) < 4.78 is 0. The first-order valence-corrected chi connectivity index (χ1v) is 10.5. The predicted molar refractivity (Wildman–Crippen MR) is 119 cm³/mol. The molecule has 3 nitrogen and oxygen atoms in total. The van der Waals surface area contributed by atoms with E-state index in [0.717, 1.165) is 40.7 Å². The highest BCUT2D eigenvalue weighted by molar-refractivity contribution is 5.90. The van der Waals surface area contributed by atoms with Gasteiger partial charge in [-0.1, -0.05) is 49.2 Å². The van der Waals surface area contributed by atoms with Crippen molar-refractivity contribution in [3.63, 3.8) is 0 Å². The minimum absolute atomic E-state index is 0.334. The van der Waals surface area contributed by atoms with Crippen molar-refractivity contribution in [2.75, 3.05) is 0 Å². The van der Waals surface area contributed by atoms with Crippen LogP contribution in [0.25, 0.3) is 11.1 Å². The number of benzene rings is 2. The molecule has 1 aliphatic rings. The largest absolute Gasteiger partial charge is 0.508 e. The SMILES string of the molecule is CC/C(=C\C(=O)O)c1ccc(C(=C2CCCCC2)c2ccc(O)c(C)c2C)cc1. The number of hydrogen-bond acceptors (Lipinski definition) is 2. The summed E-state index contributed by atoms with van der Waals surface area (Å²) in [4.78, 5) is 11.1. The summed E-state index contributed by atoms with van der Waals surface area (Å²) in [6.07, 6.45) is 7.90. The lowest BCUT2D eigenvalue weighted by atomic mass is 9.82. The van der Waals surface area contributed by atoms with Crippen LogP contribution in [0.5, 0.6) is 5.75 Å². The van der Waals surface area contributed by atoms with Gasteiger partial charge in [0.2, 0.25) is 0 Å². The highest BCUT2D eigenvalue weighted by Gasteiger charge is 2.18. The first kappa shape index (κ1) is 20.9. The second-order valence-electron chi connectivity index (χ2n) is 7.86. The fraction of sp³-hybridized carbons (Fsp3) is 0.346. The molecule has 0 bridgehead atoms. The standard InChI is InChI=1S/C26H30O3/c1-4-19(16-25(28)29)20-10-12-22(13-11-20)26(21-8-6-5-7-9-21)23-14-15-24(27)18(3)17(23)2/h10-16,27H,4-9H2,1-3H3,(H,28,29)/b19-16+. The number of carboxylic acids is 1. The monoisotopic (exact) mass is 390 g/mol. The summed E-state index contributed by atoms with van der Waals surface area (Å²) in [5, 5.41) is 19.2. The highest BCUT2D eigenvalue weighted by Crippen LogP contribution is 2.38. The molecule has 0 saturated heterocycles. The maximum atomic E-state index is 11.1. The molecule has 0 radical (unpaired) electrons. The molecule has 2 N–H and O–H groups in total. The van der Waals surface area contributed by atoms with Crippen LogP contribution in [-0.4, -0.2) is 16.2 Å². The second-order valence-corrected chi connectivity index (χ2v) is 7.86. The van der Waals surface area contributed by atoms with Crippen molar-refractivity contribution < 1.29 is 15.0 Å². The van der Waals surface area contributed by atoms with Crippen LogP contribution in [0.4, 0.5) is 0 Å². The summed E-state index contributed by atoms with van der Waals surface area (Å²) in [6, 6.07) is 12.1. The van der Waals surface area contributed by atoms with Gasteiger partial charge in [0.25, 0.3) is 0 Å². The zero-order valence-electron chi connectivity index (χ0n) is 17.6. The van der Waals surface area contributed by atoms with E-state index >= 15 is 0 Å². The number of aliphatic carboxylic acids is 1. The molecule has 2 aromatic rings. The van der Waals surface area contributed by atoms with Crippen LogP contribution >= 0.6 is 0 Å². The third-order valence-corrected chi connectivity index (χ3v) is 6.06. The third-order valence-electron chi connectivity index (χ3n) is 6.06. The van der Waals surface area contributed by atoms with Gasteiger partial charge < -0.3 is 10.2 Å². The number of hydrogen-bond donors (Lipinski definition) is 2. The number of phenolic OH excluding ortho intramolecular Hbond substituents is 1. The van der Waals surface area contributed by atoms with Crippen LogP contribution < -0.4 is 0 Å². The molecular formula is C26H30O3. The molecule has 0 aliphatic heterocycles. The molecule has 1 fully saturated rings. The fourth-order valence-corrected chi connectivity index (χ4v) is 4.25. The Bertz CT molecular complexity index is 954. The molecule has 0 unspecified atom stereocenters. The summed E-state index contributed by atoms with van der Waals surface area (Å²) in [6.45, 7) is 6.01. The van der Waals surface area contributed by atoms with Crippen molar-refractivity contribution in [2.24, 2.45) is 0 Å². The van der Waals surface area contributed by atoms with Gasteiger partial charge in [-0.05, 0) is 91.0 Å². The molecule has 2 aromatic carbocycles. The number of phenols is 1. The molecule has 3 heteroatoms. The fourth-order valence-electron chi connectivity index (χ4n) is 4.25. The number of carbonyl (C=O) groups is 1. The lowest BCUT2D eigenvalue weighted by Crippen LogP contribution is -2.03. The topological polar surface area (TPSA) is 57.5 Å². The van der Waals surface area contributed by atoms with Gasteiger partial charge in [-0.2, -0.15) is 0 Å². The Kier molecular flexibility index (Phi) is 6.58. The molecule has 1 aliphatic carbocycles. The number of rotatable bonds is 5. The molecule has 0 heterocycles. The molecule has 0 aromatic heterocycles. The average Bonchev–Trinajstić information content (AvgIpc) is 2.73. The van der Waals surface area contributed by atoms with Gasteiger partial charge >= 0.3 is 5.97 Å². The van der Waals surface area contributed by atoms with Crippen LogP contribution in [0.1, 0.15) is 73.3 Å². The Morgan fingerprint density at radius 1 is 0.931 bits per heavy atom. The van der Waals surface area contributed by atoms with E-state index in [-0.39, 0.29) is 0 Å². The van der Waals surface area contributed by atoms with Crippen molar-refractivity contribution in [3.8, 4) is 5.75 Å². The summed E-state index contributed by atoms with van der Waals surface area (Å²) in [7, 11) is 0. The molecule has 0 atom stereocenters. The van der Waals surface area contributed by atoms with Crippen LogP contribution in [0, 0.1) is 13.8 Å². The van der Waals surface area contributed by atoms with E-state index < -0.39 is 5.97 Å². The maximum Gasteiger partial charge on any atom is 0.328 e. The van der Waals surface area contributed by atoms with E-state index in [2.05, 4.69) is 19.1 Å². The first-order valence-electron chi connectivity index (χ1n) is 10.5. The van der Waals surface area contributed by atoms with E-state index in [9.17, 15) is 9.90 Å². The molecule has 0 spiro atoms. The van der Waals surface area contributed by atoms with E-state index in [4.69, 9.17) is 5.11 Å². The van der Waals surface area contributed by atoms with Gasteiger partial charge in [0.15, 0.2) is 0 Å². The van der Waals surface area contributed by atoms with Crippen LogP contribution in [0.3, 0.4) is 0 Å².